The number of hydrogen-bond donors (Lipinski definition) is 0. The normalized spacial score (nSPS) is 11.8. The van der Waals surface area contributed by atoms with Gasteiger partial charge in [-0.05, 0) is 59.0 Å². The van der Waals surface area contributed by atoms with Crippen LogP contribution in [0, 0.1) is 0 Å². The number of aromatic nitrogens is 3. The van der Waals surface area contributed by atoms with E-state index in [4.69, 9.17) is 23.8 Å². The third-order valence-corrected chi connectivity index (χ3v) is 9.11. The second kappa shape index (κ2) is 10.5. The smallest absolute Gasteiger partial charge is 0.164 e. The number of fused-ring (bicyclic) bond motifs is 8. The molecule has 0 unspecified atom stereocenters. The van der Waals surface area contributed by atoms with Crippen molar-refractivity contribution in [3.63, 3.8) is 0 Å². The molecule has 3 heterocycles. The van der Waals surface area contributed by atoms with Crippen molar-refractivity contribution in [3.05, 3.63) is 152 Å². The number of nitrogens with zero attached hydrogens (tertiary/aromatic N) is 3. The quantitative estimate of drug-likeness (QED) is 0.197. The zero-order valence-corrected chi connectivity index (χ0v) is 25.6. The maximum Gasteiger partial charge on any atom is 0.164 e. The molecule has 0 amide bonds. The molecule has 7 aromatic carbocycles. The minimum Gasteiger partial charge on any atom is -0.456 e. The Hall–Kier alpha value is -6.59. The molecule has 3 aromatic heterocycles. The van der Waals surface area contributed by atoms with Crippen LogP contribution in [-0.4, -0.2) is 15.0 Å². The van der Waals surface area contributed by atoms with Crippen molar-refractivity contribution in [1.82, 2.24) is 15.0 Å². The molecule has 5 nitrogen and oxygen atoms in total. The van der Waals surface area contributed by atoms with E-state index in [0.717, 1.165) is 82.5 Å². The molecule has 0 atom stereocenters. The summed E-state index contributed by atoms with van der Waals surface area (Å²) >= 11 is 0. The Balaban J connectivity index is 1.19. The first kappa shape index (κ1) is 26.6. The van der Waals surface area contributed by atoms with Gasteiger partial charge >= 0.3 is 0 Å². The molecule has 5 heteroatoms. The Labute approximate surface area is 274 Å². The van der Waals surface area contributed by atoms with Crippen LogP contribution in [0.15, 0.2) is 160 Å². The van der Waals surface area contributed by atoms with E-state index in [1.54, 1.807) is 0 Å². The fourth-order valence-corrected chi connectivity index (χ4v) is 6.81. The molecular formula is C43H25N3O2. The maximum atomic E-state index is 6.72. The summed E-state index contributed by atoms with van der Waals surface area (Å²) in [5.74, 6) is 1.77. The fraction of sp³-hybridized carbons (Fsp3) is 0. The lowest BCUT2D eigenvalue weighted by molar-refractivity contribution is 0.669. The van der Waals surface area contributed by atoms with Crippen LogP contribution >= 0.6 is 0 Å². The summed E-state index contributed by atoms with van der Waals surface area (Å²) in [7, 11) is 0. The largest absolute Gasteiger partial charge is 0.456 e. The van der Waals surface area contributed by atoms with E-state index >= 15 is 0 Å². The van der Waals surface area contributed by atoms with E-state index in [2.05, 4.69) is 84.9 Å². The van der Waals surface area contributed by atoms with E-state index in [9.17, 15) is 0 Å². The third-order valence-electron chi connectivity index (χ3n) is 9.11. The predicted molar refractivity (Wildman–Crippen MR) is 194 cm³/mol. The molecule has 0 radical (unpaired) electrons. The molecule has 0 saturated heterocycles. The van der Waals surface area contributed by atoms with Crippen LogP contribution in [-0.2, 0) is 0 Å². The highest BCUT2D eigenvalue weighted by molar-refractivity contribution is 6.21. The lowest BCUT2D eigenvalue weighted by atomic mass is 9.95. The van der Waals surface area contributed by atoms with Gasteiger partial charge in [-0.15, -0.1) is 0 Å². The lowest BCUT2D eigenvalue weighted by Gasteiger charge is -2.09. The van der Waals surface area contributed by atoms with Crippen molar-refractivity contribution in [2.24, 2.45) is 0 Å². The molecule has 0 aliphatic rings. The van der Waals surface area contributed by atoms with Gasteiger partial charge in [-0.1, -0.05) is 109 Å². The molecule has 224 valence electrons. The summed E-state index contributed by atoms with van der Waals surface area (Å²) in [6.45, 7) is 0. The van der Waals surface area contributed by atoms with Crippen LogP contribution in [0.25, 0.3) is 99.9 Å². The first-order chi connectivity index (χ1) is 23.8. The van der Waals surface area contributed by atoms with Gasteiger partial charge in [-0.25, -0.2) is 15.0 Å². The number of hydrogen-bond acceptors (Lipinski definition) is 5. The zero-order chi connectivity index (χ0) is 31.6. The summed E-state index contributed by atoms with van der Waals surface area (Å²) in [5.41, 5.74) is 8.29. The molecule has 10 aromatic rings. The van der Waals surface area contributed by atoms with Crippen molar-refractivity contribution in [1.29, 1.82) is 0 Å². The Morgan fingerprint density at radius 3 is 1.75 bits per heavy atom. The average Bonchev–Trinajstić information content (AvgIpc) is 3.73. The summed E-state index contributed by atoms with van der Waals surface area (Å²) in [6.07, 6.45) is 0. The van der Waals surface area contributed by atoms with Crippen molar-refractivity contribution < 1.29 is 8.83 Å². The average molecular weight is 616 g/mol. The molecule has 0 aliphatic heterocycles. The van der Waals surface area contributed by atoms with Gasteiger partial charge in [-0.2, -0.15) is 0 Å². The topological polar surface area (TPSA) is 65.0 Å². The van der Waals surface area contributed by atoms with E-state index in [1.807, 2.05) is 66.7 Å². The number of furan rings is 2. The van der Waals surface area contributed by atoms with Crippen molar-refractivity contribution in [3.8, 4) is 45.3 Å². The summed E-state index contributed by atoms with van der Waals surface area (Å²) in [5, 5.41) is 6.46. The van der Waals surface area contributed by atoms with Gasteiger partial charge in [-0.3, -0.25) is 0 Å². The summed E-state index contributed by atoms with van der Waals surface area (Å²) in [4.78, 5) is 15.0. The fourth-order valence-electron chi connectivity index (χ4n) is 6.81. The van der Waals surface area contributed by atoms with Gasteiger partial charge in [0.25, 0.3) is 0 Å². The molecular weight excluding hydrogens is 590 g/mol. The molecule has 48 heavy (non-hydrogen) atoms. The lowest BCUT2D eigenvalue weighted by Crippen LogP contribution is -2.00. The highest BCUT2D eigenvalue weighted by Crippen LogP contribution is 2.42. The Bertz CT molecular complexity index is 2840. The first-order valence-corrected chi connectivity index (χ1v) is 15.9. The Morgan fingerprint density at radius 2 is 0.958 bits per heavy atom. The minimum absolute atomic E-state index is 0.575. The standard InChI is InChI=1S/C43H25N3O2/c1-3-11-26(12-4-1)34-23-28-15-7-8-16-31(28)40-39(34)33-21-19-30(25-38(33)48-40)43-45-41(27-13-5-2-6-14-27)44-42(46-43)29-20-22-37-35(24-29)32-17-9-10-18-36(32)47-37/h1-25H. The molecule has 0 spiro atoms. The first-order valence-electron chi connectivity index (χ1n) is 15.9. The van der Waals surface area contributed by atoms with Crippen molar-refractivity contribution >= 4 is 54.6 Å². The van der Waals surface area contributed by atoms with Crippen LogP contribution < -0.4 is 0 Å². The highest BCUT2D eigenvalue weighted by atomic mass is 16.3. The minimum atomic E-state index is 0.575. The van der Waals surface area contributed by atoms with Gasteiger partial charge in [0.1, 0.15) is 22.3 Å². The number of benzene rings is 7. The zero-order valence-electron chi connectivity index (χ0n) is 25.6. The van der Waals surface area contributed by atoms with E-state index < -0.39 is 0 Å². The van der Waals surface area contributed by atoms with Gasteiger partial charge < -0.3 is 8.83 Å². The van der Waals surface area contributed by atoms with Crippen molar-refractivity contribution in [2.75, 3.05) is 0 Å². The van der Waals surface area contributed by atoms with Gasteiger partial charge in [0.2, 0.25) is 0 Å². The van der Waals surface area contributed by atoms with Crippen LogP contribution in [0.4, 0.5) is 0 Å². The van der Waals surface area contributed by atoms with Gasteiger partial charge in [0.15, 0.2) is 17.5 Å². The van der Waals surface area contributed by atoms with Gasteiger partial charge in [0.05, 0.1) is 0 Å². The van der Waals surface area contributed by atoms with Gasteiger partial charge in [0, 0.05) is 43.6 Å². The molecule has 0 fully saturated rings. The SMILES string of the molecule is c1ccc(-c2nc(-c3ccc4c(c3)oc3c5ccccc5cc(-c5ccccc5)c43)nc(-c3ccc4oc5ccccc5c4c3)n2)cc1. The van der Waals surface area contributed by atoms with Crippen LogP contribution in [0.5, 0.6) is 0 Å². The van der Waals surface area contributed by atoms with E-state index in [-0.39, 0.29) is 0 Å². The predicted octanol–water partition coefficient (Wildman–Crippen LogP) is 11.5. The van der Waals surface area contributed by atoms with Crippen molar-refractivity contribution in [2.45, 2.75) is 0 Å². The molecule has 0 aliphatic carbocycles. The highest BCUT2D eigenvalue weighted by Gasteiger charge is 2.19. The van der Waals surface area contributed by atoms with Crippen LogP contribution in [0.2, 0.25) is 0 Å². The molecule has 10 rings (SSSR count). The maximum absolute atomic E-state index is 6.72. The summed E-state index contributed by atoms with van der Waals surface area (Å²) in [6, 6.07) is 51.6. The van der Waals surface area contributed by atoms with Crippen LogP contribution in [0.3, 0.4) is 0 Å². The Kier molecular flexibility index (Phi) is 5.81. The number of para-hydroxylation sites is 1. The second-order valence-electron chi connectivity index (χ2n) is 12.0. The summed E-state index contributed by atoms with van der Waals surface area (Å²) < 4.78 is 12.8. The molecule has 0 saturated carbocycles. The van der Waals surface area contributed by atoms with E-state index in [0.29, 0.717) is 17.5 Å². The van der Waals surface area contributed by atoms with E-state index in [1.165, 1.54) is 0 Å². The molecule has 0 N–H and O–H groups in total. The number of rotatable bonds is 4. The Morgan fingerprint density at radius 1 is 0.354 bits per heavy atom. The second-order valence-corrected chi connectivity index (χ2v) is 12.0. The van der Waals surface area contributed by atoms with Crippen LogP contribution in [0.1, 0.15) is 0 Å². The molecule has 0 bridgehead atoms. The monoisotopic (exact) mass is 615 g/mol. The third kappa shape index (κ3) is 4.22.